The molecule has 0 saturated carbocycles. The van der Waals surface area contributed by atoms with Crippen molar-refractivity contribution in [2.24, 2.45) is 0 Å². The lowest BCUT2D eigenvalue weighted by Gasteiger charge is -2.18. The number of esters is 1. The molecule has 136 valence electrons. The highest BCUT2D eigenvalue weighted by molar-refractivity contribution is 5.71. The van der Waals surface area contributed by atoms with Gasteiger partial charge in [-0.15, -0.1) is 0 Å². The van der Waals surface area contributed by atoms with Crippen LogP contribution in [0.25, 0.3) is 0 Å². The van der Waals surface area contributed by atoms with Gasteiger partial charge in [-0.25, -0.2) is 0 Å². The fourth-order valence-corrected chi connectivity index (χ4v) is 2.83. The summed E-state index contributed by atoms with van der Waals surface area (Å²) in [7, 11) is 2.88. The van der Waals surface area contributed by atoms with Gasteiger partial charge in [-0.05, 0) is 31.5 Å². The minimum atomic E-state index is -0.718. The molecule has 1 atom stereocenters. The number of aromatic nitrogens is 1. The number of rotatable bonds is 8. The first kappa shape index (κ1) is 18.8. The molecule has 7 heteroatoms. The molecule has 0 aliphatic rings. The van der Waals surface area contributed by atoms with Crippen molar-refractivity contribution < 1.29 is 23.8 Å². The van der Waals surface area contributed by atoms with Gasteiger partial charge in [0.1, 0.15) is 11.5 Å². The zero-order chi connectivity index (χ0) is 18.4. The predicted molar refractivity (Wildman–Crippen MR) is 90.8 cm³/mol. The number of carbonyl (C=O) groups is 1. The molecule has 0 saturated heterocycles. The molecule has 2 aromatic heterocycles. The van der Waals surface area contributed by atoms with E-state index in [0.29, 0.717) is 31.0 Å². The van der Waals surface area contributed by atoms with Crippen LogP contribution < -0.4 is 5.56 Å². The maximum atomic E-state index is 13.0. The Balaban J connectivity index is 2.51. The number of ether oxygens (including phenoxy) is 2. The van der Waals surface area contributed by atoms with Crippen LogP contribution >= 0.6 is 0 Å². The Kier molecular flexibility index (Phi) is 6.41. The van der Waals surface area contributed by atoms with E-state index in [9.17, 15) is 14.7 Å². The highest BCUT2D eigenvalue weighted by Crippen LogP contribution is 2.32. The van der Waals surface area contributed by atoms with Crippen LogP contribution in [0.15, 0.2) is 33.7 Å². The summed E-state index contributed by atoms with van der Waals surface area (Å²) in [5, 5.41) is 10.4. The minimum absolute atomic E-state index is 0.103. The zero-order valence-corrected chi connectivity index (χ0v) is 14.7. The third-order valence-corrected chi connectivity index (χ3v) is 4.09. The molecule has 0 aliphatic carbocycles. The first-order chi connectivity index (χ1) is 12.0. The highest BCUT2D eigenvalue weighted by Gasteiger charge is 2.28. The lowest BCUT2D eigenvalue weighted by molar-refractivity contribution is -0.140. The lowest BCUT2D eigenvalue weighted by Crippen LogP contribution is -2.29. The van der Waals surface area contributed by atoms with Crippen LogP contribution in [0.3, 0.4) is 0 Å². The molecule has 2 rings (SSSR count). The Hall–Kier alpha value is -2.54. The van der Waals surface area contributed by atoms with E-state index in [0.717, 1.165) is 0 Å². The molecule has 0 bridgehead atoms. The Morgan fingerprint density at radius 3 is 2.76 bits per heavy atom. The van der Waals surface area contributed by atoms with Gasteiger partial charge in [-0.2, -0.15) is 0 Å². The molecule has 0 fully saturated rings. The lowest BCUT2D eigenvalue weighted by atomic mass is 9.93. The van der Waals surface area contributed by atoms with Crippen molar-refractivity contribution >= 4 is 5.97 Å². The number of aryl methyl sites for hydroxylation is 1. The van der Waals surface area contributed by atoms with E-state index in [2.05, 4.69) is 0 Å². The Morgan fingerprint density at radius 2 is 2.16 bits per heavy atom. The van der Waals surface area contributed by atoms with Gasteiger partial charge in [0.05, 0.1) is 31.3 Å². The average molecular weight is 349 g/mol. The van der Waals surface area contributed by atoms with E-state index in [4.69, 9.17) is 13.9 Å². The molecule has 25 heavy (non-hydrogen) atoms. The topological polar surface area (TPSA) is 90.9 Å². The van der Waals surface area contributed by atoms with E-state index in [-0.39, 0.29) is 23.3 Å². The summed E-state index contributed by atoms with van der Waals surface area (Å²) in [4.78, 5) is 24.8. The van der Waals surface area contributed by atoms with Crippen molar-refractivity contribution in [2.75, 3.05) is 20.8 Å². The SMILES string of the molecule is COCCCn1c(C)cc(O)c(C(CC(=O)OC)c2ccco2)c1=O. The number of carbonyl (C=O) groups excluding carboxylic acids is 1. The number of hydrogen-bond donors (Lipinski definition) is 1. The largest absolute Gasteiger partial charge is 0.507 e. The van der Waals surface area contributed by atoms with Crippen LogP contribution in [-0.2, 0) is 20.8 Å². The monoisotopic (exact) mass is 349 g/mol. The second-order valence-electron chi connectivity index (χ2n) is 5.74. The highest BCUT2D eigenvalue weighted by atomic mass is 16.5. The quantitative estimate of drug-likeness (QED) is 0.580. The van der Waals surface area contributed by atoms with Crippen LogP contribution in [-0.4, -0.2) is 36.5 Å². The molecule has 2 aromatic rings. The Labute approximate surface area is 145 Å². The standard InChI is InChI=1S/C18H23NO6/c1-12-10-14(20)17(18(22)19(12)7-5-8-23-2)13(11-16(21)24-3)15-6-4-9-25-15/h4,6,9-10,13,20H,5,7-8,11H2,1-3H3. The Bertz CT molecular complexity index is 763. The summed E-state index contributed by atoms with van der Waals surface area (Å²) in [5.74, 6) is -0.947. The van der Waals surface area contributed by atoms with Crippen LogP contribution in [0.1, 0.15) is 35.8 Å². The average Bonchev–Trinajstić information content (AvgIpc) is 3.10. The fourth-order valence-electron chi connectivity index (χ4n) is 2.83. The van der Waals surface area contributed by atoms with Gasteiger partial charge in [0.15, 0.2) is 0 Å². The number of furan rings is 1. The van der Waals surface area contributed by atoms with Crippen molar-refractivity contribution in [3.05, 3.63) is 51.8 Å². The van der Waals surface area contributed by atoms with Gasteiger partial charge in [-0.3, -0.25) is 9.59 Å². The summed E-state index contributed by atoms with van der Waals surface area (Å²) in [6, 6.07) is 4.86. The van der Waals surface area contributed by atoms with Crippen molar-refractivity contribution in [3.63, 3.8) is 0 Å². The number of pyridine rings is 1. The Morgan fingerprint density at radius 1 is 1.40 bits per heavy atom. The summed E-state index contributed by atoms with van der Waals surface area (Å²) >= 11 is 0. The number of aromatic hydroxyl groups is 1. The number of nitrogens with zero attached hydrogens (tertiary/aromatic N) is 1. The van der Waals surface area contributed by atoms with Crippen molar-refractivity contribution in [3.8, 4) is 5.75 Å². The van der Waals surface area contributed by atoms with Gasteiger partial charge in [-0.1, -0.05) is 0 Å². The molecule has 1 N–H and O–H groups in total. The summed E-state index contributed by atoms with van der Waals surface area (Å²) in [6.45, 7) is 2.72. The van der Waals surface area contributed by atoms with Crippen LogP contribution in [0, 0.1) is 6.92 Å². The second kappa shape index (κ2) is 8.53. The van der Waals surface area contributed by atoms with Crippen molar-refractivity contribution in [1.29, 1.82) is 0 Å². The fraction of sp³-hybridized carbons (Fsp3) is 0.444. The van der Waals surface area contributed by atoms with Crippen LogP contribution in [0.2, 0.25) is 0 Å². The van der Waals surface area contributed by atoms with E-state index < -0.39 is 11.9 Å². The molecule has 0 radical (unpaired) electrons. The molecular weight excluding hydrogens is 326 g/mol. The van der Waals surface area contributed by atoms with Gasteiger partial charge >= 0.3 is 5.97 Å². The summed E-state index contributed by atoms with van der Waals surface area (Å²) in [6.07, 6.45) is 2.01. The van der Waals surface area contributed by atoms with E-state index >= 15 is 0 Å². The molecule has 0 aromatic carbocycles. The molecule has 0 spiro atoms. The van der Waals surface area contributed by atoms with Crippen LogP contribution in [0.5, 0.6) is 5.75 Å². The number of methoxy groups -OCH3 is 2. The van der Waals surface area contributed by atoms with Crippen molar-refractivity contribution in [1.82, 2.24) is 4.57 Å². The van der Waals surface area contributed by atoms with E-state index in [1.807, 2.05) is 0 Å². The van der Waals surface area contributed by atoms with Crippen LogP contribution in [0.4, 0.5) is 0 Å². The molecule has 7 nitrogen and oxygen atoms in total. The third kappa shape index (κ3) is 4.30. The third-order valence-electron chi connectivity index (χ3n) is 4.09. The molecule has 1 unspecified atom stereocenters. The zero-order valence-electron chi connectivity index (χ0n) is 14.7. The summed E-state index contributed by atoms with van der Waals surface area (Å²) < 4.78 is 16.7. The molecule has 2 heterocycles. The van der Waals surface area contributed by atoms with Gasteiger partial charge in [0.25, 0.3) is 5.56 Å². The maximum Gasteiger partial charge on any atom is 0.306 e. The normalized spacial score (nSPS) is 12.1. The predicted octanol–water partition coefficient (Wildman–Crippen LogP) is 2.19. The molecule has 0 amide bonds. The first-order valence-electron chi connectivity index (χ1n) is 8.02. The maximum absolute atomic E-state index is 13.0. The number of hydrogen-bond acceptors (Lipinski definition) is 6. The van der Waals surface area contributed by atoms with E-state index in [1.54, 1.807) is 30.7 Å². The molecular formula is C18H23NO6. The van der Waals surface area contributed by atoms with Gasteiger partial charge < -0.3 is 23.6 Å². The van der Waals surface area contributed by atoms with E-state index in [1.165, 1.54) is 19.4 Å². The van der Waals surface area contributed by atoms with Crippen molar-refractivity contribution in [2.45, 2.75) is 32.2 Å². The van der Waals surface area contributed by atoms with Gasteiger partial charge in [0, 0.05) is 26.0 Å². The summed E-state index contributed by atoms with van der Waals surface area (Å²) in [5.41, 5.74) is 0.417. The second-order valence-corrected chi connectivity index (χ2v) is 5.74. The minimum Gasteiger partial charge on any atom is -0.507 e. The first-order valence-corrected chi connectivity index (χ1v) is 8.02. The smallest absolute Gasteiger partial charge is 0.306 e. The van der Waals surface area contributed by atoms with Gasteiger partial charge in [0.2, 0.25) is 0 Å². The molecule has 0 aliphatic heterocycles.